The highest BCUT2D eigenvalue weighted by Gasteiger charge is 2.36. The Morgan fingerprint density at radius 2 is 1.79 bits per heavy atom. The molecule has 1 saturated heterocycles. The molecule has 1 aliphatic heterocycles. The summed E-state index contributed by atoms with van der Waals surface area (Å²) in [5.41, 5.74) is 1.03. The lowest BCUT2D eigenvalue weighted by atomic mass is 10.0. The zero-order chi connectivity index (χ0) is 21.4. The molecule has 162 valence electrons. The third-order valence-electron chi connectivity index (χ3n) is 4.94. The first-order valence-electron chi connectivity index (χ1n) is 10.3. The summed E-state index contributed by atoms with van der Waals surface area (Å²) >= 11 is 3.84. The molecule has 0 aromatic heterocycles. The van der Waals surface area contributed by atoms with Gasteiger partial charge in [-0.1, -0.05) is 30.3 Å². The van der Waals surface area contributed by atoms with Crippen molar-refractivity contribution < 1.29 is 14.3 Å². The van der Waals surface area contributed by atoms with Crippen LogP contribution >= 0.6 is 23.5 Å². The van der Waals surface area contributed by atoms with Crippen LogP contribution in [0.2, 0.25) is 0 Å². The second-order valence-corrected chi connectivity index (χ2v) is 11.2. The number of rotatable bonds is 10. The van der Waals surface area contributed by atoms with Crippen LogP contribution < -0.4 is 5.32 Å². The van der Waals surface area contributed by atoms with Crippen molar-refractivity contribution in [2.75, 3.05) is 24.7 Å². The molecule has 1 unspecified atom stereocenters. The fourth-order valence-corrected chi connectivity index (χ4v) is 6.22. The molecule has 1 amide bonds. The fraction of sp³-hybridized carbons (Fsp3) is 0.636. The summed E-state index contributed by atoms with van der Waals surface area (Å²) in [6, 6.07) is 8.87. The van der Waals surface area contributed by atoms with Crippen molar-refractivity contribution in [2.24, 2.45) is 0 Å². The number of amides is 1. The number of nitrogens with zero attached hydrogens (tertiary/aromatic N) is 1. The lowest BCUT2D eigenvalue weighted by molar-refractivity contribution is -0.146. The first kappa shape index (κ1) is 24.1. The Balaban J connectivity index is 2.09. The molecule has 0 radical (unpaired) electrons. The number of benzene rings is 1. The number of hydrogen-bond donors (Lipinski definition) is 1. The number of nitrogens with one attached hydrogen (secondary N) is 1. The van der Waals surface area contributed by atoms with E-state index in [0.29, 0.717) is 19.6 Å². The minimum atomic E-state index is -0.559. The summed E-state index contributed by atoms with van der Waals surface area (Å²) in [6.07, 6.45) is 0.488. The Morgan fingerprint density at radius 1 is 1.17 bits per heavy atom. The average Bonchev–Trinajstić information content (AvgIpc) is 3.12. The number of carbonyl (C=O) groups excluding carboxylic acids is 2. The SMILES string of the molecule is CCOC(=O)C(Cc1ccccc1)N[C@H](C)C(=O)N(CC1(C)SCCS1)C(C)C. The van der Waals surface area contributed by atoms with E-state index in [1.807, 2.05) is 79.5 Å². The van der Waals surface area contributed by atoms with Gasteiger partial charge < -0.3 is 9.64 Å². The van der Waals surface area contributed by atoms with Gasteiger partial charge in [-0.3, -0.25) is 14.9 Å². The number of esters is 1. The Labute approximate surface area is 183 Å². The first-order valence-corrected chi connectivity index (χ1v) is 12.3. The van der Waals surface area contributed by atoms with Gasteiger partial charge in [0.25, 0.3) is 0 Å². The monoisotopic (exact) mass is 438 g/mol. The van der Waals surface area contributed by atoms with Gasteiger partial charge in [0.1, 0.15) is 6.04 Å². The van der Waals surface area contributed by atoms with E-state index in [4.69, 9.17) is 4.74 Å². The topological polar surface area (TPSA) is 58.6 Å². The highest BCUT2D eigenvalue weighted by Crippen LogP contribution is 2.44. The van der Waals surface area contributed by atoms with Gasteiger partial charge >= 0.3 is 5.97 Å². The predicted octanol–water partition coefficient (Wildman–Crippen LogP) is 3.57. The van der Waals surface area contributed by atoms with E-state index >= 15 is 0 Å². The van der Waals surface area contributed by atoms with Crippen LogP contribution in [0.3, 0.4) is 0 Å². The summed E-state index contributed by atoms with van der Waals surface area (Å²) in [5, 5.41) is 3.24. The number of ether oxygens (including phenoxy) is 1. The van der Waals surface area contributed by atoms with Crippen LogP contribution in [0, 0.1) is 0 Å². The van der Waals surface area contributed by atoms with Gasteiger partial charge in [0.2, 0.25) is 5.91 Å². The molecular formula is C22H34N2O3S2. The smallest absolute Gasteiger partial charge is 0.323 e. The van der Waals surface area contributed by atoms with Crippen LogP contribution in [0.1, 0.15) is 40.2 Å². The van der Waals surface area contributed by atoms with Crippen LogP contribution in [0.5, 0.6) is 0 Å². The second kappa shape index (κ2) is 11.3. The molecule has 0 saturated carbocycles. The number of hydrogen-bond acceptors (Lipinski definition) is 6. The van der Waals surface area contributed by atoms with Gasteiger partial charge in [-0.2, -0.15) is 0 Å². The maximum absolute atomic E-state index is 13.3. The van der Waals surface area contributed by atoms with Crippen molar-refractivity contribution >= 4 is 35.4 Å². The average molecular weight is 439 g/mol. The van der Waals surface area contributed by atoms with E-state index in [0.717, 1.165) is 17.1 Å². The summed E-state index contributed by atoms with van der Waals surface area (Å²) in [4.78, 5) is 27.7. The highest BCUT2D eigenvalue weighted by molar-refractivity contribution is 8.21. The van der Waals surface area contributed by atoms with Crippen molar-refractivity contribution in [1.29, 1.82) is 0 Å². The van der Waals surface area contributed by atoms with Crippen molar-refractivity contribution in [2.45, 2.75) is 63.2 Å². The molecule has 2 atom stereocenters. The summed E-state index contributed by atoms with van der Waals surface area (Å²) in [6.45, 7) is 11.0. The van der Waals surface area contributed by atoms with E-state index < -0.39 is 12.1 Å². The van der Waals surface area contributed by atoms with Crippen molar-refractivity contribution in [3.63, 3.8) is 0 Å². The molecule has 1 aromatic carbocycles. The molecule has 0 spiro atoms. The van der Waals surface area contributed by atoms with E-state index in [2.05, 4.69) is 12.2 Å². The zero-order valence-corrected chi connectivity index (χ0v) is 19.8. The van der Waals surface area contributed by atoms with E-state index in [9.17, 15) is 9.59 Å². The third kappa shape index (κ3) is 7.23. The molecule has 1 fully saturated rings. The van der Waals surface area contributed by atoms with Crippen LogP contribution in [0.4, 0.5) is 0 Å². The first-order chi connectivity index (χ1) is 13.8. The van der Waals surface area contributed by atoms with Gasteiger partial charge in [-0.05, 0) is 46.6 Å². The summed E-state index contributed by atoms with van der Waals surface area (Å²) in [7, 11) is 0. The lowest BCUT2D eigenvalue weighted by Crippen LogP contribution is -2.55. The zero-order valence-electron chi connectivity index (χ0n) is 18.1. The van der Waals surface area contributed by atoms with E-state index in [1.165, 1.54) is 0 Å². The molecule has 5 nitrogen and oxygen atoms in total. The second-order valence-electron chi connectivity index (χ2n) is 7.77. The van der Waals surface area contributed by atoms with Crippen LogP contribution in [0.15, 0.2) is 30.3 Å². The number of thioether (sulfide) groups is 2. The fourth-order valence-electron chi connectivity index (χ4n) is 3.40. The molecule has 0 bridgehead atoms. The minimum Gasteiger partial charge on any atom is -0.465 e. The highest BCUT2D eigenvalue weighted by atomic mass is 32.2. The van der Waals surface area contributed by atoms with Gasteiger partial charge in [0.05, 0.1) is 16.7 Å². The molecule has 1 aromatic rings. The molecule has 29 heavy (non-hydrogen) atoms. The Morgan fingerprint density at radius 3 is 2.34 bits per heavy atom. The maximum Gasteiger partial charge on any atom is 0.323 e. The standard InChI is InChI=1S/C22H34N2O3S2/c1-6-27-21(26)19(14-18-10-8-7-9-11-18)23-17(4)20(25)24(16(2)3)15-22(5)28-12-13-29-22/h7-11,16-17,19,23H,6,12-15H2,1-5H3/t17-,19?/m1/s1. The molecule has 7 heteroatoms. The van der Waals surface area contributed by atoms with Gasteiger partial charge in [0.15, 0.2) is 0 Å². The van der Waals surface area contributed by atoms with Crippen LogP contribution in [-0.4, -0.2) is 63.6 Å². The summed E-state index contributed by atoms with van der Waals surface area (Å²) in [5.74, 6) is 1.95. The van der Waals surface area contributed by atoms with Crippen molar-refractivity contribution in [1.82, 2.24) is 10.2 Å². The third-order valence-corrected chi connectivity index (χ3v) is 8.20. The Hall–Kier alpha value is -1.18. The molecule has 0 aliphatic carbocycles. The quantitative estimate of drug-likeness (QED) is 0.564. The van der Waals surface area contributed by atoms with Gasteiger partial charge in [0, 0.05) is 24.1 Å². The lowest BCUT2D eigenvalue weighted by Gasteiger charge is -2.36. The molecular weight excluding hydrogens is 404 g/mol. The van der Waals surface area contributed by atoms with E-state index in [1.54, 1.807) is 6.92 Å². The Bertz CT molecular complexity index is 663. The van der Waals surface area contributed by atoms with Crippen LogP contribution in [0.25, 0.3) is 0 Å². The molecule has 2 rings (SSSR count). The van der Waals surface area contributed by atoms with E-state index in [-0.39, 0.29) is 22.0 Å². The van der Waals surface area contributed by atoms with Crippen molar-refractivity contribution in [3.8, 4) is 0 Å². The molecule has 1 N–H and O–H groups in total. The normalized spacial score (nSPS) is 17.7. The van der Waals surface area contributed by atoms with Gasteiger partial charge in [-0.25, -0.2) is 0 Å². The maximum atomic E-state index is 13.3. The van der Waals surface area contributed by atoms with Gasteiger partial charge in [-0.15, -0.1) is 23.5 Å². The predicted molar refractivity (Wildman–Crippen MR) is 123 cm³/mol. The molecule has 1 heterocycles. The summed E-state index contributed by atoms with van der Waals surface area (Å²) < 4.78 is 5.29. The largest absolute Gasteiger partial charge is 0.465 e. The van der Waals surface area contributed by atoms with Crippen LogP contribution in [-0.2, 0) is 20.7 Å². The Kier molecular flexibility index (Phi) is 9.37. The van der Waals surface area contributed by atoms with Crippen molar-refractivity contribution in [3.05, 3.63) is 35.9 Å². The molecule has 1 aliphatic rings. The minimum absolute atomic E-state index is 0.0247. The number of carbonyl (C=O) groups is 2.